The standard InChI is InChI=1S/C17H18N6O2/c18-13-5-2-6-14-12(13)7-8-23(14)16(24)10-22-9-15(20-21-22)19-17(25)11-3-1-4-11/h2,5-9,11H,1,3-4,10,18H2,(H,19,25). The first-order valence-corrected chi connectivity index (χ1v) is 8.21. The number of nitrogens with one attached hydrogen (secondary N) is 1. The number of carbonyl (C=O) groups is 2. The number of fused-ring (bicyclic) bond motifs is 1. The molecule has 3 N–H and O–H groups in total. The van der Waals surface area contributed by atoms with Crippen LogP contribution in [0.15, 0.2) is 36.7 Å². The summed E-state index contributed by atoms with van der Waals surface area (Å²) in [7, 11) is 0. The molecule has 2 heterocycles. The summed E-state index contributed by atoms with van der Waals surface area (Å²) in [5.74, 6) is 0.244. The molecule has 8 heteroatoms. The van der Waals surface area contributed by atoms with E-state index in [0.717, 1.165) is 30.2 Å². The van der Waals surface area contributed by atoms with Crippen LogP contribution in [-0.2, 0) is 11.3 Å². The number of carbonyl (C=O) groups excluding carboxylic acids is 2. The Balaban J connectivity index is 1.47. The lowest BCUT2D eigenvalue weighted by Crippen LogP contribution is -2.28. The van der Waals surface area contributed by atoms with Crippen molar-refractivity contribution in [3.8, 4) is 0 Å². The maximum Gasteiger partial charge on any atom is 0.252 e. The second-order valence-corrected chi connectivity index (χ2v) is 6.28. The van der Waals surface area contributed by atoms with Gasteiger partial charge >= 0.3 is 0 Å². The van der Waals surface area contributed by atoms with Gasteiger partial charge in [-0.2, -0.15) is 0 Å². The largest absolute Gasteiger partial charge is 0.398 e. The molecule has 4 rings (SSSR count). The maximum absolute atomic E-state index is 12.5. The van der Waals surface area contributed by atoms with Gasteiger partial charge in [0.05, 0.1) is 11.7 Å². The van der Waals surface area contributed by atoms with Crippen LogP contribution in [0.5, 0.6) is 0 Å². The number of nitrogens with two attached hydrogens (primary N) is 1. The van der Waals surface area contributed by atoms with Crippen molar-refractivity contribution in [1.82, 2.24) is 19.6 Å². The minimum atomic E-state index is -0.164. The highest BCUT2D eigenvalue weighted by molar-refractivity contribution is 5.98. The van der Waals surface area contributed by atoms with Gasteiger partial charge < -0.3 is 11.1 Å². The smallest absolute Gasteiger partial charge is 0.252 e. The molecule has 2 aromatic heterocycles. The fourth-order valence-corrected chi connectivity index (χ4v) is 2.96. The van der Waals surface area contributed by atoms with E-state index in [9.17, 15) is 9.59 Å². The van der Waals surface area contributed by atoms with E-state index in [-0.39, 0.29) is 24.3 Å². The molecular weight excluding hydrogens is 320 g/mol. The molecule has 1 saturated carbocycles. The fraction of sp³-hybridized carbons (Fsp3) is 0.294. The molecule has 1 amide bonds. The zero-order valence-electron chi connectivity index (χ0n) is 13.6. The molecule has 0 bridgehead atoms. The number of hydrogen-bond acceptors (Lipinski definition) is 5. The van der Waals surface area contributed by atoms with Gasteiger partial charge in [0.2, 0.25) is 5.91 Å². The van der Waals surface area contributed by atoms with Crippen LogP contribution in [-0.4, -0.2) is 31.4 Å². The average molecular weight is 338 g/mol. The second kappa shape index (κ2) is 6.04. The topological polar surface area (TPSA) is 108 Å². The van der Waals surface area contributed by atoms with Gasteiger partial charge in [-0.1, -0.05) is 17.7 Å². The second-order valence-electron chi connectivity index (χ2n) is 6.28. The lowest BCUT2D eigenvalue weighted by atomic mass is 9.85. The summed E-state index contributed by atoms with van der Waals surface area (Å²) in [5, 5.41) is 11.4. The Hall–Kier alpha value is -3.16. The Morgan fingerprint density at radius 3 is 2.88 bits per heavy atom. The van der Waals surface area contributed by atoms with E-state index in [1.807, 2.05) is 18.2 Å². The highest BCUT2D eigenvalue weighted by Gasteiger charge is 2.25. The zero-order valence-corrected chi connectivity index (χ0v) is 13.6. The third kappa shape index (κ3) is 2.86. The first-order valence-electron chi connectivity index (χ1n) is 8.21. The van der Waals surface area contributed by atoms with Gasteiger partial charge in [-0.25, -0.2) is 4.68 Å². The number of aromatic nitrogens is 4. The summed E-state index contributed by atoms with van der Waals surface area (Å²) in [6, 6.07) is 7.26. The molecule has 0 unspecified atom stereocenters. The molecule has 1 aliphatic carbocycles. The lowest BCUT2D eigenvalue weighted by Gasteiger charge is -2.23. The lowest BCUT2D eigenvalue weighted by molar-refractivity contribution is -0.122. The predicted molar refractivity (Wildman–Crippen MR) is 93.0 cm³/mol. The summed E-state index contributed by atoms with van der Waals surface area (Å²) in [6.07, 6.45) is 6.19. The summed E-state index contributed by atoms with van der Waals surface area (Å²) in [6.45, 7) is 0.0187. The number of nitrogens with zero attached hydrogens (tertiary/aromatic N) is 4. The quantitative estimate of drug-likeness (QED) is 0.706. The summed E-state index contributed by atoms with van der Waals surface area (Å²) in [5.41, 5.74) is 7.30. The summed E-state index contributed by atoms with van der Waals surface area (Å²) < 4.78 is 2.96. The Bertz CT molecular complexity index is 953. The summed E-state index contributed by atoms with van der Waals surface area (Å²) >= 11 is 0. The predicted octanol–water partition coefficient (Wildman–Crippen LogP) is 1.89. The van der Waals surface area contributed by atoms with Gasteiger partial charge in [-0.15, -0.1) is 5.10 Å². The first kappa shape index (κ1) is 15.4. The van der Waals surface area contributed by atoms with Gasteiger partial charge in [0.25, 0.3) is 5.91 Å². The zero-order chi connectivity index (χ0) is 17.4. The maximum atomic E-state index is 12.5. The van der Waals surface area contributed by atoms with E-state index in [1.54, 1.807) is 23.0 Å². The van der Waals surface area contributed by atoms with Gasteiger partial charge in [0.1, 0.15) is 6.54 Å². The molecule has 128 valence electrons. The first-order chi connectivity index (χ1) is 12.1. The van der Waals surface area contributed by atoms with E-state index >= 15 is 0 Å². The molecular formula is C17H18N6O2. The third-order valence-electron chi connectivity index (χ3n) is 4.60. The molecule has 1 aliphatic rings. The molecule has 1 fully saturated rings. The monoisotopic (exact) mass is 338 g/mol. The molecule has 8 nitrogen and oxygen atoms in total. The van der Waals surface area contributed by atoms with Crippen molar-refractivity contribution < 1.29 is 9.59 Å². The number of rotatable bonds is 4. The van der Waals surface area contributed by atoms with Crippen LogP contribution >= 0.6 is 0 Å². The van der Waals surface area contributed by atoms with Gasteiger partial charge in [-0.05, 0) is 31.0 Å². The van der Waals surface area contributed by atoms with E-state index in [0.29, 0.717) is 11.5 Å². The van der Waals surface area contributed by atoms with E-state index in [2.05, 4.69) is 15.6 Å². The number of hydrogen-bond donors (Lipinski definition) is 2. The van der Waals surface area contributed by atoms with Crippen molar-refractivity contribution in [3.63, 3.8) is 0 Å². The molecule has 0 radical (unpaired) electrons. The van der Waals surface area contributed by atoms with Crippen LogP contribution < -0.4 is 11.1 Å². The highest BCUT2D eigenvalue weighted by Crippen LogP contribution is 2.27. The molecule has 1 aromatic carbocycles. The molecule has 0 spiro atoms. The van der Waals surface area contributed by atoms with Crippen molar-refractivity contribution in [2.45, 2.75) is 25.8 Å². The third-order valence-corrected chi connectivity index (χ3v) is 4.60. The Labute approximate surface area is 143 Å². The highest BCUT2D eigenvalue weighted by atomic mass is 16.2. The molecule has 0 atom stereocenters. The van der Waals surface area contributed by atoms with Crippen molar-refractivity contribution in [1.29, 1.82) is 0 Å². The number of nitrogen functional groups attached to an aromatic ring is 1. The van der Waals surface area contributed by atoms with Crippen molar-refractivity contribution in [3.05, 3.63) is 36.7 Å². The molecule has 0 saturated heterocycles. The SMILES string of the molecule is Nc1cccc2c1ccn2C(=O)Cn1cc(NC(=O)C2CCC2)nn1. The number of amides is 1. The van der Waals surface area contributed by atoms with Crippen molar-refractivity contribution in [2.75, 3.05) is 11.1 Å². The van der Waals surface area contributed by atoms with Crippen LogP contribution in [0.2, 0.25) is 0 Å². The fourth-order valence-electron chi connectivity index (χ4n) is 2.96. The van der Waals surface area contributed by atoms with Crippen LogP contribution in [0.25, 0.3) is 10.9 Å². The van der Waals surface area contributed by atoms with Crippen LogP contribution in [0.1, 0.15) is 24.1 Å². The van der Waals surface area contributed by atoms with Gasteiger partial charge in [-0.3, -0.25) is 14.2 Å². The summed E-state index contributed by atoms with van der Waals surface area (Å²) in [4.78, 5) is 24.5. The number of benzene rings is 1. The minimum Gasteiger partial charge on any atom is -0.398 e. The molecule has 3 aromatic rings. The van der Waals surface area contributed by atoms with E-state index in [1.165, 1.54) is 4.68 Å². The van der Waals surface area contributed by atoms with Crippen molar-refractivity contribution >= 4 is 34.2 Å². The Kier molecular flexibility index (Phi) is 3.72. The van der Waals surface area contributed by atoms with Gasteiger partial charge in [0.15, 0.2) is 5.82 Å². The van der Waals surface area contributed by atoms with Crippen LogP contribution in [0.3, 0.4) is 0 Å². The Morgan fingerprint density at radius 1 is 1.28 bits per heavy atom. The normalized spacial score (nSPS) is 14.4. The number of anilines is 2. The van der Waals surface area contributed by atoms with Gasteiger partial charge in [0, 0.05) is 23.2 Å². The van der Waals surface area contributed by atoms with Crippen LogP contribution in [0, 0.1) is 5.92 Å². The average Bonchev–Trinajstić information content (AvgIpc) is 3.13. The minimum absolute atomic E-state index is 0.0187. The van der Waals surface area contributed by atoms with E-state index in [4.69, 9.17) is 5.73 Å². The van der Waals surface area contributed by atoms with Crippen LogP contribution in [0.4, 0.5) is 11.5 Å². The van der Waals surface area contributed by atoms with E-state index < -0.39 is 0 Å². The molecule has 0 aliphatic heterocycles. The van der Waals surface area contributed by atoms with Crippen molar-refractivity contribution in [2.24, 2.45) is 5.92 Å². The molecule has 25 heavy (non-hydrogen) atoms. The Morgan fingerprint density at radius 2 is 2.12 bits per heavy atom.